The Balaban J connectivity index is 1.40. The predicted octanol–water partition coefficient (Wildman–Crippen LogP) is 3.30. The Bertz CT molecular complexity index is 1020. The maximum atomic E-state index is 13.0. The maximum Gasteiger partial charge on any atom is 0.408 e. The van der Waals surface area contributed by atoms with Crippen molar-refractivity contribution < 1.29 is 29.0 Å². The zero-order valence-electron chi connectivity index (χ0n) is 19.2. The van der Waals surface area contributed by atoms with Gasteiger partial charge in [-0.2, -0.15) is 0 Å². The second kappa shape index (κ2) is 10.3. The molecule has 34 heavy (non-hydrogen) atoms. The molecule has 8 heteroatoms. The number of ether oxygens (including phenoxy) is 2. The van der Waals surface area contributed by atoms with Gasteiger partial charge < -0.3 is 25.2 Å². The van der Waals surface area contributed by atoms with E-state index in [0.717, 1.165) is 22.3 Å². The Morgan fingerprint density at radius 2 is 1.76 bits per heavy atom. The number of rotatable bonds is 9. The lowest BCUT2D eigenvalue weighted by molar-refractivity contribution is -0.142. The van der Waals surface area contributed by atoms with Crippen LogP contribution in [0, 0.1) is 5.92 Å². The van der Waals surface area contributed by atoms with Crippen molar-refractivity contribution in [1.82, 2.24) is 10.6 Å². The number of hydrogen-bond donors (Lipinski definition) is 3. The van der Waals surface area contributed by atoms with Crippen LogP contribution in [0.5, 0.6) is 0 Å². The van der Waals surface area contributed by atoms with Gasteiger partial charge in [-0.1, -0.05) is 61.9 Å². The normalized spacial score (nSPS) is 19.7. The number of benzene rings is 2. The van der Waals surface area contributed by atoms with E-state index in [9.17, 15) is 19.5 Å². The molecule has 2 aliphatic rings. The number of fused-ring (bicyclic) bond motifs is 3. The first-order valence-corrected chi connectivity index (χ1v) is 11.7. The Morgan fingerprint density at radius 3 is 2.32 bits per heavy atom. The Kier molecular flexibility index (Phi) is 7.17. The minimum atomic E-state index is -1.28. The topological polar surface area (TPSA) is 114 Å². The number of carbonyl (C=O) groups excluding carboxylic acids is 2. The van der Waals surface area contributed by atoms with Crippen LogP contribution in [0.15, 0.2) is 48.5 Å². The molecule has 1 aliphatic carbocycles. The molecule has 2 amide bonds. The van der Waals surface area contributed by atoms with Crippen molar-refractivity contribution in [2.24, 2.45) is 5.92 Å². The van der Waals surface area contributed by atoms with Crippen molar-refractivity contribution in [3.8, 4) is 11.1 Å². The van der Waals surface area contributed by atoms with Gasteiger partial charge in [0.25, 0.3) is 0 Å². The maximum absolute atomic E-state index is 13.0. The van der Waals surface area contributed by atoms with Gasteiger partial charge in [-0.05, 0) is 28.7 Å². The zero-order valence-corrected chi connectivity index (χ0v) is 19.2. The molecule has 1 heterocycles. The van der Waals surface area contributed by atoms with Gasteiger partial charge in [0.2, 0.25) is 5.91 Å². The number of alkyl carbamates (subject to hydrolysis) is 1. The molecule has 3 N–H and O–H groups in total. The first-order valence-electron chi connectivity index (χ1n) is 11.7. The van der Waals surface area contributed by atoms with E-state index >= 15 is 0 Å². The van der Waals surface area contributed by atoms with E-state index in [1.807, 2.05) is 43.3 Å². The number of carboxylic acid groups (broad SMARTS) is 1. The Hall–Kier alpha value is -3.39. The summed E-state index contributed by atoms with van der Waals surface area (Å²) in [4.78, 5) is 37.1. The van der Waals surface area contributed by atoms with Crippen molar-refractivity contribution in [3.63, 3.8) is 0 Å². The standard InChI is InChI=1S/C26H30N2O6/c1-2-7-17(23(29)30)14-27-24(31)26(12-13-33-16-26)28-25(32)34-15-22-20-10-5-3-8-18(20)19-9-4-6-11-21(19)22/h3-6,8-11,17,22H,2,7,12-16H2,1H3,(H,27,31)(H,28,32)(H,29,30). The third kappa shape index (κ3) is 4.77. The highest BCUT2D eigenvalue weighted by molar-refractivity contribution is 5.91. The fourth-order valence-electron chi connectivity index (χ4n) is 4.78. The van der Waals surface area contributed by atoms with Crippen LogP contribution < -0.4 is 10.6 Å². The molecule has 4 rings (SSSR count). The molecule has 0 saturated carbocycles. The lowest BCUT2D eigenvalue weighted by atomic mass is 9.96. The van der Waals surface area contributed by atoms with Gasteiger partial charge in [0.1, 0.15) is 12.1 Å². The summed E-state index contributed by atoms with van der Waals surface area (Å²) in [5.41, 5.74) is 3.18. The van der Waals surface area contributed by atoms with Crippen LogP contribution in [0.25, 0.3) is 11.1 Å². The number of aliphatic carboxylic acids is 1. The minimum Gasteiger partial charge on any atom is -0.481 e. The van der Waals surface area contributed by atoms with E-state index in [0.29, 0.717) is 19.4 Å². The first kappa shape index (κ1) is 23.8. The summed E-state index contributed by atoms with van der Waals surface area (Å²) in [6, 6.07) is 16.1. The van der Waals surface area contributed by atoms with E-state index < -0.39 is 29.4 Å². The summed E-state index contributed by atoms with van der Waals surface area (Å²) in [5, 5.41) is 14.7. The lowest BCUT2D eigenvalue weighted by Gasteiger charge is -2.28. The first-order chi connectivity index (χ1) is 16.4. The largest absolute Gasteiger partial charge is 0.481 e. The number of amides is 2. The molecular weight excluding hydrogens is 436 g/mol. The van der Waals surface area contributed by atoms with Crippen LogP contribution >= 0.6 is 0 Å². The zero-order chi connectivity index (χ0) is 24.1. The van der Waals surface area contributed by atoms with E-state index in [-0.39, 0.29) is 32.1 Å². The summed E-state index contributed by atoms with van der Waals surface area (Å²) in [6.45, 7) is 2.35. The molecule has 2 atom stereocenters. The monoisotopic (exact) mass is 466 g/mol. The Labute approximate surface area is 198 Å². The summed E-state index contributed by atoms with van der Waals surface area (Å²) in [7, 11) is 0. The van der Waals surface area contributed by atoms with E-state index in [2.05, 4.69) is 22.8 Å². The highest BCUT2D eigenvalue weighted by atomic mass is 16.6. The van der Waals surface area contributed by atoms with Gasteiger partial charge in [-0.3, -0.25) is 9.59 Å². The molecule has 1 fully saturated rings. The highest BCUT2D eigenvalue weighted by Gasteiger charge is 2.44. The predicted molar refractivity (Wildman–Crippen MR) is 125 cm³/mol. The van der Waals surface area contributed by atoms with E-state index in [1.54, 1.807) is 0 Å². The van der Waals surface area contributed by atoms with Gasteiger partial charge in [-0.25, -0.2) is 4.79 Å². The molecular formula is C26H30N2O6. The smallest absolute Gasteiger partial charge is 0.408 e. The average molecular weight is 467 g/mol. The quantitative estimate of drug-likeness (QED) is 0.523. The summed E-state index contributed by atoms with van der Waals surface area (Å²) >= 11 is 0. The fraction of sp³-hybridized carbons (Fsp3) is 0.423. The second-order valence-electron chi connectivity index (χ2n) is 8.87. The number of carbonyl (C=O) groups is 3. The highest BCUT2D eigenvalue weighted by Crippen LogP contribution is 2.44. The van der Waals surface area contributed by atoms with Gasteiger partial charge in [-0.15, -0.1) is 0 Å². The summed E-state index contributed by atoms with van der Waals surface area (Å²) in [6.07, 6.45) is 0.734. The average Bonchev–Trinajstić information content (AvgIpc) is 3.43. The summed E-state index contributed by atoms with van der Waals surface area (Å²) < 4.78 is 11.0. The van der Waals surface area contributed by atoms with E-state index in [1.165, 1.54) is 0 Å². The molecule has 2 unspecified atom stereocenters. The van der Waals surface area contributed by atoms with Crippen LogP contribution in [-0.4, -0.2) is 55.0 Å². The Morgan fingerprint density at radius 1 is 1.12 bits per heavy atom. The van der Waals surface area contributed by atoms with Crippen LogP contribution in [0.2, 0.25) is 0 Å². The van der Waals surface area contributed by atoms with Crippen LogP contribution in [0.3, 0.4) is 0 Å². The molecule has 2 aromatic rings. The molecule has 0 bridgehead atoms. The lowest BCUT2D eigenvalue weighted by Crippen LogP contribution is -2.60. The SMILES string of the molecule is CCCC(CNC(=O)C1(NC(=O)OCC2c3ccccc3-c3ccccc32)CCOC1)C(=O)O. The molecule has 2 aromatic carbocycles. The summed E-state index contributed by atoms with van der Waals surface area (Å²) in [5.74, 6) is -2.18. The van der Waals surface area contributed by atoms with Gasteiger partial charge in [0.15, 0.2) is 0 Å². The van der Waals surface area contributed by atoms with Crippen molar-refractivity contribution in [2.45, 2.75) is 37.6 Å². The second-order valence-corrected chi connectivity index (χ2v) is 8.87. The van der Waals surface area contributed by atoms with Crippen LogP contribution in [0.4, 0.5) is 4.79 Å². The molecule has 1 aliphatic heterocycles. The fourth-order valence-corrected chi connectivity index (χ4v) is 4.78. The van der Waals surface area contributed by atoms with Crippen molar-refractivity contribution in [1.29, 1.82) is 0 Å². The van der Waals surface area contributed by atoms with E-state index in [4.69, 9.17) is 9.47 Å². The molecule has 1 saturated heterocycles. The number of hydrogen-bond acceptors (Lipinski definition) is 5. The molecule has 8 nitrogen and oxygen atoms in total. The molecule has 0 aromatic heterocycles. The third-order valence-corrected chi connectivity index (χ3v) is 6.64. The van der Waals surface area contributed by atoms with Gasteiger partial charge in [0, 0.05) is 25.5 Å². The van der Waals surface area contributed by atoms with Gasteiger partial charge >= 0.3 is 12.1 Å². The van der Waals surface area contributed by atoms with Crippen LogP contribution in [-0.2, 0) is 19.1 Å². The number of nitrogens with one attached hydrogen (secondary N) is 2. The van der Waals surface area contributed by atoms with Crippen molar-refractivity contribution in [2.75, 3.05) is 26.4 Å². The molecule has 0 radical (unpaired) electrons. The minimum absolute atomic E-state index is 0.00384. The van der Waals surface area contributed by atoms with Crippen molar-refractivity contribution >= 4 is 18.0 Å². The molecule has 0 spiro atoms. The third-order valence-electron chi connectivity index (χ3n) is 6.64. The van der Waals surface area contributed by atoms with Gasteiger partial charge in [0.05, 0.1) is 12.5 Å². The number of carboxylic acids is 1. The van der Waals surface area contributed by atoms with Crippen LogP contribution in [0.1, 0.15) is 43.2 Å². The van der Waals surface area contributed by atoms with Crippen molar-refractivity contribution in [3.05, 3.63) is 59.7 Å². The molecule has 180 valence electrons.